The van der Waals surface area contributed by atoms with Crippen molar-refractivity contribution in [3.05, 3.63) is 18.3 Å². The number of nitrogens with two attached hydrogens (primary N) is 1. The van der Waals surface area contributed by atoms with Crippen LogP contribution in [0, 0.1) is 5.41 Å². The molecule has 1 aromatic heterocycles. The molecule has 0 radical (unpaired) electrons. The average molecular weight is 223 g/mol. The Morgan fingerprint density at radius 1 is 1.44 bits per heavy atom. The number of nitrogen functional groups attached to an aromatic ring is 1. The van der Waals surface area contributed by atoms with Crippen molar-refractivity contribution in [2.75, 3.05) is 31.3 Å². The van der Waals surface area contributed by atoms with Crippen LogP contribution < -0.4 is 11.1 Å². The lowest BCUT2D eigenvalue weighted by atomic mass is 9.89. The second kappa shape index (κ2) is 5.70. The molecule has 0 aromatic carbocycles. The first kappa shape index (κ1) is 12.8. The Morgan fingerprint density at radius 3 is 2.75 bits per heavy atom. The molecule has 0 aliphatic rings. The molecule has 0 atom stereocenters. The van der Waals surface area contributed by atoms with E-state index in [-0.39, 0.29) is 5.41 Å². The van der Waals surface area contributed by atoms with Crippen LogP contribution in [0.25, 0.3) is 0 Å². The van der Waals surface area contributed by atoms with Crippen molar-refractivity contribution in [2.24, 2.45) is 5.41 Å². The zero-order valence-electron chi connectivity index (χ0n) is 10.3. The Morgan fingerprint density at radius 2 is 2.19 bits per heavy atom. The van der Waals surface area contributed by atoms with Crippen molar-refractivity contribution < 1.29 is 4.74 Å². The number of hydrogen-bond donors (Lipinski definition) is 2. The molecule has 16 heavy (non-hydrogen) atoms. The SMILES string of the molecule is COCCC(C)(C)CNc1ccc(N)nc1. The van der Waals surface area contributed by atoms with Gasteiger partial charge in [-0.2, -0.15) is 0 Å². The third kappa shape index (κ3) is 4.49. The largest absolute Gasteiger partial charge is 0.385 e. The van der Waals surface area contributed by atoms with E-state index < -0.39 is 0 Å². The highest BCUT2D eigenvalue weighted by molar-refractivity contribution is 5.45. The van der Waals surface area contributed by atoms with E-state index in [4.69, 9.17) is 10.5 Å². The summed E-state index contributed by atoms with van der Waals surface area (Å²) in [7, 11) is 1.73. The normalized spacial score (nSPS) is 11.4. The molecule has 0 amide bonds. The van der Waals surface area contributed by atoms with Crippen molar-refractivity contribution in [2.45, 2.75) is 20.3 Å². The maximum Gasteiger partial charge on any atom is 0.123 e. The first-order valence-electron chi connectivity index (χ1n) is 5.48. The second-order valence-electron chi connectivity index (χ2n) is 4.73. The molecular weight excluding hydrogens is 202 g/mol. The lowest BCUT2D eigenvalue weighted by Crippen LogP contribution is -2.24. The van der Waals surface area contributed by atoms with Gasteiger partial charge in [-0.3, -0.25) is 0 Å². The van der Waals surface area contributed by atoms with Gasteiger partial charge in [0.05, 0.1) is 11.9 Å². The Balaban J connectivity index is 2.41. The van der Waals surface area contributed by atoms with Crippen LogP contribution in [0.5, 0.6) is 0 Å². The summed E-state index contributed by atoms with van der Waals surface area (Å²) in [6.45, 7) is 6.10. The van der Waals surface area contributed by atoms with Gasteiger partial charge in [-0.15, -0.1) is 0 Å². The van der Waals surface area contributed by atoms with Crippen molar-refractivity contribution >= 4 is 11.5 Å². The van der Waals surface area contributed by atoms with Crippen LogP contribution in [0.15, 0.2) is 18.3 Å². The quantitative estimate of drug-likeness (QED) is 0.775. The minimum absolute atomic E-state index is 0.206. The Bertz CT molecular complexity index is 309. The van der Waals surface area contributed by atoms with E-state index in [0.29, 0.717) is 5.82 Å². The van der Waals surface area contributed by atoms with E-state index in [1.807, 2.05) is 6.07 Å². The predicted octanol–water partition coefficient (Wildman–Crippen LogP) is 2.14. The van der Waals surface area contributed by atoms with E-state index in [1.54, 1.807) is 19.4 Å². The zero-order valence-corrected chi connectivity index (χ0v) is 10.3. The molecule has 0 bridgehead atoms. The van der Waals surface area contributed by atoms with Gasteiger partial charge in [-0.1, -0.05) is 13.8 Å². The van der Waals surface area contributed by atoms with Crippen LogP contribution in [0.3, 0.4) is 0 Å². The minimum Gasteiger partial charge on any atom is -0.385 e. The molecule has 1 aromatic rings. The summed E-state index contributed by atoms with van der Waals surface area (Å²) in [5.74, 6) is 0.546. The van der Waals surface area contributed by atoms with Crippen molar-refractivity contribution in [3.8, 4) is 0 Å². The fourth-order valence-electron chi connectivity index (χ4n) is 1.32. The number of aromatic nitrogens is 1. The number of nitrogens with one attached hydrogen (secondary N) is 1. The summed E-state index contributed by atoms with van der Waals surface area (Å²) in [6.07, 6.45) is 2.78. The number of pyridine rings is 1. The smallest absolute Gasteiger partial charge is 0.123 e. The summed E-state index contributed by atoms with van der Waals surface area (Å²) in [6, 6.07) is 3.74. The lowest BCUT2D eigenvalue weighted by Gasteiger charge is -2.25. The standard InChI is InChI=1S/C12H21N3O/c1-12(2,6-7-16-3)9-15-10-4-5-11(13)14-8-10/h4-5,8,15H,6-7,9H2,1-3H3,(H2,13,14). The zero-order chi connectivity index (χ0) is 12.0. The molecule has 4 heteroatoms. The van der Waals surface area contributed by atoms with Crippen molar-refractivity contribution in [1.82, 2.24) is 4.98 Å². The van der Waals surface area contributed by atoms with Crippen LogP contribution in [0.4, 0.5) is 11.5 Å². The van der Waals surface area contributed by atoms with E-state index in [0.717, 1.165) is 25.3 Å². The van der Waals surface area contributed by atoms with Gasteiger partial charge in [-0.25, -0.2) is 4.98 Å². The maximum absolute atomic E-state index is 5.52. The summed E-state index contributed by atoms with van der Waals surface area (Å²) < 4.78 is 5.09. The molecule has 0 saturated carbocycles. The number of anilines is 2. The third-order valence-electron chi connectivity index (χ3n) is 2.54. The number of rotatable bonds is 6. The number of nitrogens with zero attached hydrogens (tertiary/aromatic N) is 1. The fourth-order valence-corrected chi connectivity index (χ4v) is 1.32. The Kier molecular flexibility index (Phi) is 4.55. The molecular formula is C12H21N3O. The Hall–Kier alpha value is -1.29. The predicted molar refractivity (Wildman–Crippen MR) is 67.4 cm³/mol. The molecule has 3 N–H and O–H groups in total. The number of ether oxygens (including phenoxy) is 1. The fraction of sp³-hybridized carbons (Fsp3) is 0.583. The van der Waals surface area contributed by atoms with Gasteiger partial charge in [-0.05, 0) is 24.0 Å². The molecule has 1 rings (SSSR count). The molecule has 0 saturated heterocycles. The van der Waals surface area contributed by atoms with Gasteiger partial charge in [0.15, 0.2) is 0 Å². The van der Waals surface area contributed by atoms with Crippen LogP contribution in [-0.4, -0.2) is 25.2 Å². The molecule has 0 fully saturated rings. The molecule has 4 nitrogen and oxygen atoms in total. The van der Waals surface area contributed by atoms with Crippen molar-refractivity contribution in [3.63, 3.8) is 0 Å². The van der Waals surface area contributed by atoms with Gasteiger partial charge < -0.3 is 15.8 Å². The van der Waals surface area contributed by atoms with Gasteiger partial charge in [0.2, 0.25) is 0 Å². The highest BCUT2D eigenvalue weighted by Crippen LogP contribution is 2.21. The lowest BCUT2D eigenvalue weighted by molar-refractivity contribution is 0.157. The monoisotopic (exact) mass is 223 g/mol. The van der Waals surface area contributed by atoms with Crippen LogP contribution in [0.2, 0.25) is 0 Å². The third-order valence-corrected chi connectivity index (χ3v) is 2.54. The summed E-state index contributed by atoms with van der Waals surface area (Å²) in [4.78, 5) is 4.03. The molecule has 90 valence electrons. The molecule has 0 spiro atoms. The first-order chi connectivity index (χ1) is 7.53. The van der Waals surface area contributed by atoms with Crippen molar-refractivity contribution in [1.29, 1.82) is 0 Å². The number of hydrogen-bond acceptors (Lipinski definition) is 4. The highest BCUT2D eigenvalue weighted by atomic mass is 16.5. The van der Waals surface area contributed by atoms with E-state index in [9.17, 15) is 0 Å². The van der Waals surface area contributed by atoms with Crippen LogP contribution >= 0.6 is 0 Å². The van der Waals surface area contributed by atoms with E-state index in [2.05, 4.69) is 24.1 Å². The summed E-state index contributed by atoms with van der Waals surface area (Å²) in [5, 5.41) is 3.35. The average Bonchev–Trinajstić information content (AvgIpc) is 2.26. The topological polar surface area (TPSA) is 60.2 Å². The van der Waals surface area contributed by atoms with Gasteiger partial charge in [0.1, 0.15) is 5.82 Å². The molecule has 0 aliphatic carbocycles. The minimum atomic E-state index is 0.206. The van der Waals surface area contributed by atoms with Gasteiger partial charge in [0, 0.05) is 20.3 Å². The highest BCUT2D eigenvalue weighted by Gasteiger charge is 2.16. The van der Waals surface area contributed by atoms with Gasteiger partial charge in [0.25, 0.3) is 0 Å². The van der Waals surface area contributed by atoms with Crippen LogP contribution in [0.1, 0.15) is 20.3 Å². The number of methoxy groups -OCH3 is 1. The summed E-state index contributed by atoms with van der Waals surface area (Å²) in [5.41, 5.74) is 6.72. The molecule has 0 unspecified atom stereocenters. The van der Waals surface area contributed by atoms with E-state index in [1.165, 1.54) is 0 Å². The van der Waals surface area contributed by atoms with Gasteiger partial charge >= 0.3 is 0 Å². The van der Waals surface area contributed by atoms with Crippen LogP contribution in [-0.2, 0) is 4.74 Å². The molecule has 1 heterocycles. The maximum atomic E-state index is 5.52. The molecule has 0 aliphatic heterocycles. The first-order valence-corrected chi connectivity index (χ1v) is 5.48. The second-order valence-corrected chi connectivity index (χ2v) is 4.73. The Labute approximate surface area is 97.2 Å². The van der Waals surface area contributed by atoms with E-state index >= 15 is 0 Å². The summed E-state index contributed by atoms with van der Waals surface area (Å²) >= 11 is 0.